The van der Waals surface area contributed by atoms with E-state index in [2.05, 4.69) is 15.1 Å². The lowest BCUT2D eigenvalue weighted by Crippen LogP contribution is -1.83. The van der Waals surface area contributed by atoms with Crippen molar-refractivity contribution in [3.05, 3.63) is 58.9 Å². The monoisotopic (exact) mass is 357 g/mol. The zero-order chi connectivity index (χ0) is 16.5. The Morgan fingerprint density at radius 2 is 2.04 bits per heavy atom. The van der Waals surface area contributed by atoms with Gasteiger partial charge in [0.15, 0.2) is 5.58 Å². The molecule has 0 unspecified atom stereocenters. The van der Waals surface area contributed by atoms with Gasteiger partial charge in [0.05, 0.1) is 5.75 Å². The van der Waals surface area contributed by atoms with E-state index >= 15 is 0 Å². The van der Waals surface area contributed by atoms with Gasteiger partial charge >= 0.3 is 0 Å². The van der Waals surface area contributed by atoms with Crippen LogP contribution in [0.1, 0.15) is 11.5 Å². The van der Waals surface area contributed by atoms with Crippen molar-refractivity contribution in [1.29, 1.82) is 0 Å². The number of fused-ring (bicyclic) bond motifs is 1. The molecule has 2 heterocycles. The third-order valence-electron chi connectivity index (χ3n) is 3.39. The zero-order valence-corrected chi connectivity index (χ0v) is 14.3. The van der Waals surface area contributed by atoms with Gasteiger partial charge in [0.2, 0.25) is 11.7 Å². The van der Waals surface area contributed by atoms with Crippen LogP contribution >= 0.6 is 23.4 Å². The smallest absolute Gasteiger partial charge is 0.257 e. The maximum absolute atomic E-state index is 5.95. The van der Waals surface area contributed by atoms with Gasteiger partial charge in [-0.05, 0) is 31.2 Å². The fraction of sp³-hybridized carbons (Fsp3) is 0.118. The summed E-state index contributed by atoms with van der Waals surface area (Å²) in [6, 6.07) is 13.3. The fourth-order valence-corrected chi connectivity index (χ4v) is 3.12. The molecule has 0 amide bonds. The average molecular weight is 358 g/mol. The first-order chi connectivity index (χ1) is 11.7. The molecule has 0 aliphatic carbocycles. The Balaban J connectivity index is 1.49. The predicted molar refractivity (Wildman–Crippen MR) is 93.1 cm³/mol. The Labute approximate surface area is 147 Å². The molecule has 7 heteroatoms. The number of aromatic nitrogens is 3. The van der Waals surface area contributed by atoms with Crippen LogP contribution in [0, 0.1) is 6.92 Å². The number of halogens is 1. The highest BCUT2D eigenvalue weighted by molar-refractivity contribution is 7.98. The zero-order valence-electron chi connectivity index (χ0n) is 12.7. The van der Waals surface area contributed by atoms with Crippen molar-refractivity contribution in [2.45, 2.75) is 17.9 Å². The van der Waals surface area contributed by atoms with Gasteiger partial charge in [-0.1, -0.05) is 52.3 Å². The number of nitrogens with zero attached hydrogens (tertiary/aromatic N) is 3. The number of hydrogen-bond acceptors (Lipinski definition) is 6. The quantitative estimate of drug-likeness (QED) is 0.471. The molecule has 0 spiro atoms. The Bertz CT molecular complexity index is 1010. The van der Waals surface area contributed by atoms with E-state index in [9.17, 15) is 0 Å². The Morgan fingerprint density at radius 1 is 1.12 bits per heavy atom. The molecule has 0 fully saturated rings. The van der Waals surface area contributed by atoms with E-state index in [1.807, 2.05) is 31.2 Å². The normalized spacial score (nSPS) is 11.2. The van der Waals surface area contributed by atoms with Crippen molar-refractivity contribution in [2.24, 2.45) is 0 Å². The highest BCUT2D eigenvalue weighted by atomic mass is 35.5. The summed E-state index contributed by atoms with van der Waals surface area (Å²) in [6.45, 7) is 2.03. The molecular weight excluding hydrogens is 346 g/mol. The first-order valence-electron chi connectivity index (χ1n) is 7.26. The Hall–Kier alpha value is -2.31. The number of hydrogen-bond donors (Lipinski definition) is 0. The molecule has 2 aromatic carbocycles. The van der Waals surface area contributed by atoms with E-state index in [1.54, 1.807) is 18.2 Å². The summed E-state index contributed by atoms with van der Waals surface area (Å²) in [4.78, 5) is 8.80. The molecule has 0 saturated carbocycles. The summed E-state index contributed by atoms with van der Waals surface area (Å²) in [5.74, 6) is 1.59. The maximum Gasteiger partial charge on any atom is 0.257 e. The van der Waals surface area contributed by atoms with E-state index in [-0.39, 0.29) is 0 Å². The Kier molecular flexibility index (Phi) is 4.00. The number of thioether (sulfide) groups is 1. The number of aryl methyl sites for hydroxylation is 1. The van der Waals surface area contributed by atoms with Crippen molar-refractivity contribution >= 4 is 34.5 Å². The van der Waals surface area contributed by atoms with E-state index in [4.69, 9.17) is 20.5 Å². The van der Waals surface area contributed by atoms with Gasteiger partial charge < -0.3 is 8.94 Å². The van der Waals surface area contributed by atoms with Crippen LogP contribution in [0.4, 0.5) is 0 Å². The third-order valence-corrected chi connectivity index (χ3v) is 4.44. The minimum absolute atomic E-state index is 0.485. The number of benzene rings is 2. The summed E-state index contributed by atoms with van der Waals surface area (Å²) in [5, 5.41) is 5.20. The predicted octanol–water partition coefficient (Wildman–Crippen LogP) is 5.13. The van der Waals surface area contributed by atoms with Crippen molar-refractivity contribution < 1.29 is 8.94 Å². The highest BCUT2D eigenvalue weighted by Gasteiger charge is 2.12. The molecule has 0 aliphatic heterocycles. The van der Waals surface area contributed by atoms with Gasteiger partial charge in [0.1, 0.15) is 5.52 Å². The van der Waals surface area contributed by atoms with Gasteiger partial charge in [-0.15, -0.1) is 0 Å². The molecule has 2 aromatic heterocycles. The van der Waals surface area contributed by atoms with Crippen molar-refractivity contribution in [3.63, 3.8) is 0 Å². The molecule has 0 radical (unpaired) electrons. The van der Waals surface area contributed by atoms with Crippen LogP contribution in [0.5, 0.6) is 0 Å². The molecule has 0 aliphatic rings. The summed E-state index contributed by atoms with van der Waals surface area (Å²) in [7, 11) is 0. The fourth-order valence-electron chi connectivity index (χ4n) is 2.28. The topological polar surface area (TPSA) is 65.0 Å². The minimum Gasteiger partial charge on any atom is -0.431 e. The van der Waals surface area contributed by atoms with Crippen molar-refractivity contribution in [3.8, 4) is 11.4 Å². The maximum atomic E-state index is 5.95. The van der Waals surface area contributed by atoms with Gasteiger partial charge in [-0.25, -0.2) is 4.98 Å². The molecule has 0 saturated heterocycles. The van der Waals surface area contributed by atoms with Crippen molar-refractivity contribution in [2.75, 3.05) is 0 Å². The minimum atomic E-state index is 0.485. The lowest BCUT2D eigenvalue weighted by Gasteiger charge is -1.95. The number of oxazole rings is 1. The summed E-state index contributed by atoms with van der Waals surface area (Å²) in [6.07, 6.45) is 0. The number of rotatable bonds is 4. The molecule has 0 atom stereocenters. The van der Waals surface area contributed by atoms with Crippen LogP contribution in [-0.2, 0) is 5.75 Å². The van der Waals surface area contributed by atoms with Crippen LogP contribution in [-0.4, -0.2) is 15.1 Å². The molecule has 120 valence electrons. The van der Waals surface area contributed by atoms with Crippen LogP contribution in [0.25, 0.3) is 22.5 Å². The molecule has 5 nitrogen and oxygen atoms in total. The van der Waals surface area contributed by atoms with E-state index < -0.39 is 0 Å². The third kappa shape index (κ3) is 3.16. The first-order valence-corrected chi connectivity index (χ1v) is 8.62. The van der Waals surface area contributed by atoms with Gasteiger partial charge in [0.25, 0.3) is 5.22 Å². The van der Waals surface area contributed by atoms with Crippen LogP contribution in [0.2, 0.25) is 5.02 Å². The van der Waals surface area contributed by atoms with Crippen LogP contribution in [0.15, 0.2) is 56.6 Å². The van der Waals surface area contributed by atoms with E-state index in [0.29, 0.717) is 33.3 Å². The molecular formula is C17H12ClN3O2S. The van der Waals surface area contributed by atoms with Gasteiger partial charge in [-0.2, -0.15) is 4.98 Å². The SMILES string of the molecule is Cc1cccc(-c2noc(CSc3nc4cc(Cl)ccc4o3)n2)c1. The van der Waals surface area contributed by atoms with Gasteiger partial charge in [0, 0.05) is 10.6 Å². The Morgan fingerprint density at radius 3 is 2.92 bits per heavy atom. The largest absolute Gasteiger partial charge is 0.431 e. The highest BCUT2D eigenvalue weighted by Crippen LogP contribution is 2.28. The second kappa shape index (κ2) is 6.30. The van der Waals surface area contributed by atoms with Crippen LogP contribution < -0.4 is 0 Å². The second-order valence-corrected chi connectivity index (χ2v) is 6.62. The molecule has 0 bridgehead atoms. The lowest BCUT2D eigenvalue weighted by atomic mass is 10.1. The average Bonchev–Trinajstić information content (AvgIpc) is 3.19. The molecule has 4 rings (SSSR count). The second-order valence-electron chi connectivity index (χ2n) is 5.26. The molecule has 4 aromatic rings. The summed E-state index contributed by atoms with van der Waals surface area (Å²) in [5.41, 5.74) is 3.52. The standard InChI is InChI=1S/C17H12ClN3O2S/c1-10-3-2-4-11(7-10)16-20-15(23-21-16)9-24-17-19-13-8-12(18)5-6-14(13)22-17/h2-8H,9H2,1H3. The summed E-state index contributed by atoms with van der Waals surface area (Å²) >= 11 is 7.35. The van der Waals surface area contributed by atoms with E-state index in [1.165, 1.54) is 11.8 Å². The van der Waals surface area contributed by atoms with Crippen molar-refractivity contribution in [1.82, 2.24) is 15.1 Å². The molecule has 24 heavy (non-hydrogen) atoms. The lowest BCUT2D eigenvalue weighted by molar-refractivity contribution is 0.391. The van der Waals surface area contributed by atoms with Gasteiger partial charge in [-0.3, -0.25) is 0 Å². The molecule has 0 N–H and O–H groups in total. The summed E-state index contributed by atoms with van der Waals surface area (Å²) < 4.78 is 11.0. The van der Waals surface area contributed by atoms with Crippen LogP contribution in [0.3, 0.4) is 0 Å². The van der Waals surface area contributed by atoms with E-state index in [0.717, 1.165) is 16.6 Å². The first kappa shape index (κ1) is 15.2.